The molecule has 0 bridgehead atoms. The normalized spacial score (nSPS) is 17.2. The Labute approximate surface area is 192 Å². The molecule has 0 fully saturated rings. The molecular weight excluding hydrogens is 418 g/mol. The Morgan fingerprint density at radius 2 is 1.64 bits per heavy atom. The minimum absolute atomic E-state index is 0.0170. The first kappa shape index (κ1) is 22.2. The molecule has 33 heavy (non-hydrogen) atoms. The van der Waals surface area contributed by atoms with Crippen LogP contribution in [0.2, 0.25) is 0 Å². The van der Waals surface area contributed by atoms with Crippen molar-refractivity contribution in [2.75, 3.05) is 9.80 Å². The molecule has 0 saturated heterocycles. The molecule has 0 spiro atoms. The Balaban J connectivity index is 1.75. The minimum atomic E-state index is -0.486. The van der Waals surface area contributed by atoms with E-state index in [1.807, 2.05) is 73.3 Å². The molecule has 1 aliphatic heterocycles. The van der Waals surface area contributed by atoms with E-state index in [0.717, 1.165) is 16.9 Å². The van der Waals surface area contributed by atoms with E-state index >= 15 is 0 Å². The van der Waals surface area contributed by atoms with Crippen molar-refractivity contribution < 1.29 is 14.5 Å². The van der Waals surface area contributed by atoms with Gasteiger partial charge in [-0.3, -0.25) is 19.7 Å². The molecule has 0 unspecified atom stereocenters. The van der Waals surface area contributed by atoms with Crippen LogP contribution in [0.4, 0.5) is 17.1 Å². The van der Waals surface area contributed by atoms with Crippen LogP contribution < -0.4 is 9.80 Å². The molecule has 4 rings (SSSR count). The van der Waals surface area contributed by atoms with Gasteiger partial charge >= 0.3 is 0 Å². The molecule has 3 aromatic rings. The van der Waals surface area contributed by atoms with Gasteiger partial charge in [0.15, 0.2) is 0 Å². The number of nitro benzene ring substituents is 1. The molecule has 0 saturated carbocycles. The highest BCUT2D eigenvalue weighted by atomic mass is 16.6. The van der Waals surface area contributed by atoms with Gasteiger partial charge in [0.2, 0.25) is 5.91 Å². The zero-order chi connectivity index (χ0) is 23.5. The number of amides is 2. The van der Waals surface area contributed by atoms with Gasteiger partial charge in [0.1, 0.15) is 0 Å². The van der Waals surface area contributed by atoms with Gasteiger partial charge < -0.3 is 9.80 Å². The highest BCUT2D eigenvalue weighted by molar-refractivity contribution is 6.07. The Morgan fingerprint density at radius 3 is 2.27 bits per heavy atom. The molecule has 3 aromatic carbocycles. The third-order valence-electron chi connectivity index (χ3n) is 6.02. The number of benzene rings is 3. The van der Waals surface area contributed by atoms with Gasteiger partial charge in [-0.2, -0.15) is 0 Å². The first-order chi connectivity index (χ1) is 15.9. The first-order valence-corrected chi connectivity index (χ1v) is 11.0. The zero-order valence-electron chi connectivity index (χ0n) is 18.5. The standard InChI is InChI=1S/C26H25N3O4/c1-3-25(30)28(20-9-5-4-6-10-20)24-17-18(2)27(23-12-8-7-11-22(23)24)26(31)19-13-15-21(16-14-19)29(32)33/h4-16,18,24H,3,17H2,1-2H3/t18-,24+/m1/s1. The summed E-state index contributed by atoms with van der Waals surface area (Å²) in [5, 5.41) is 11.0. The Morgan fingerprint density at radius 1 is 1.00 bits per heavy atom. The lowest BCUT2D eigenvalue weighted by Crippen LogP contribution is -2.47. The molecule has 0 aromatic heterocycles. The molecule has 2 atom stereocenters. The summed E-state index contributed by atoms with van der Waals surface area (Å²) in [6.45, 7) is 3.81. The molecular formula is C26H25N3O4. The smallest absolute Gasteiger partial charge is 0.269 e. The van der Waals surface area contributed by atoms with Crippen molar-refractivity contribution >= 4 is 28.9 Å². The van der Waals surface area contributed by atoms with E-state index in [1.54, 1.807) is 4.90 Å². The number of rotatable bonds is 5. The van der Waals surface area contributed by atoms with Gasteiger partial charge in [0.05, 0.1) is 11.0 Å². The third-order valence-corrected chi connectivity index (χ3v) is 6.02. The molecule has 0 aliphatic carbocycles. The summed E-state index contributed by atoms with van der Waals surface area (Å²) in [4.78, 5) is 40.6. The van der Waals surface area contributed by atoms with E-state index in [1.165, 1.54) is 24.3 Å². The van der Waals surface area contributed by atoms with Crippen LogP contribution in [-0.2, 0) is 4.79 Å². The quantitative estimate of drug-likeness (QED) is 0.384. The maximum Gasteiger partial charge on any atom is 0.269 e. The summed E-state index contributed by atoms with van der Waals surface area (Å²) in [6.07, 6.45) is 0.934. The maximum absolute atomic E-state index is 13.5. The zero-order valence-corrected chi connectivity index (χ0v) is 18.5. The summed E-state index contributed by atoms with van der Waals surface area (Å²) < 4.78 is 0. The number of para-hydroxylation sites is 2. The highest BCUT2D eigenvalue weighted by Gasteiger charge is 2.38. The number of nitro groups is 1. The van der Waals surface area contributed by atoms with Crippen LogP contribution in [0, 0.1) is 10.1 Å². The van der Waals surface area contributed by atoms with E-state index in [9.17, 15) is 19.7 Å². The van der Waals surface area contributed by atoms with Gasteiger partial charge in [-0.25, -0.2) is 0 Å². The second kappa shape index (κ2) is 9.24. The molecule has 1 aliphatic rings. The average molecular weight is 444 g/mol. The number of non-ortho nitro benzene ring substituents is 1. The molecule has 7 heteroatoms. The lowest BCUT2D eigenvalue weighted by atomic mass is 9.89. The van der Waals surface area contributed by atoms with Crippen molar-refractivity contribution in [1.29, 1.82) is 0 Å². The molecule has 168 valence electrons. The van der Waals surface area contributed by atoms with Gasteiger partial charge in [-0.1, -0.05) is 43.3 Å². The number of hydrogen-bond acceptors (Lipinski definition) is 4. The summed E-state index contributed by atoms with van der Waals surface area (Å²) in [5.74, 6) is -0.209. The SMILES string of the molecule is CCC(=O)N(c1ccccc1)[C@H]1C[C@@H](C)N(C(=O)c2ccc([N+](=O)[O-])cc2)c2ccccc21. The van der Waals surface area contributed by atoms with Crippen molar-refractivity contribution in [3.05, 3.63) is 100 Å². The number of carbonyl (C=O) groups excluding carboxylic acids is 2. The first-order valence-electron chi connectivity index (χ1n) is 11.0. The molecule has 2 amide bonds. The van der Waals surface area contributed by atoms with Crippen molar-refractivity contribution in [1.82, 2.24) is 0 Å². The monoisotopic (exact) mass is 443 g/mol. The second-order valence-electron chi connectivity index (χ2n) is 8.09. The van der Waals surface area contributed by atoms with E-state index in [-0.39, 0.29) is 29.6 Å². The van der Waals surface area contributed by atoms with E-state index in [4.69, 9.17) is 0 Å². The van der Waals surface area contributed by atoms with E-state index in [0.29, 0.717) is 18.4 Å². The fraction of sp³-hybridized carbons (Fsp3) is 0.231. The average Bonchev–Trinajstić information content (AvgIpc) is 2.84. The number of hydrogen-bond donors (Lipinski definition) is 0. The molecule has 7 nitrogen and oxygen atoms in total. The number of fused-ring (bicyclic) bond motifs is 1. The van der Waals surface area contributed by atoms with Gasteiger partial charge in [0.25, 0.3) is 11.6 Å². The van der Waals surface area contributed by atoms with E-state index in [2.05, 4.69) is 0 Å². The minimum Gasteiger partial charge on any atom is -0.305 e. The lowest BCUT2D eigenvalue weighted by Gasteiger charge is -2.43. The Hall–Kier alpha value is -4.00. The van der Waals surface area contributed by atoms with Crippen molar-refractivity contribution in [3.8, 4) is 0 Å². The van der Waals surface area contributed by atoms with Gasteiger partial charge in [0, 0.05) is 41.5 Å². The van der Waals surface area contributed by atoms with Crippen LogP contribution in [-0.4, -0.2) is 22.8 Å². The van der Waals surface area contributed by atoms with Crippen LogP contribution >= 0.6 is 0 Å². The van der Waals surface area contributed by atoms with Crippen LogP contribution in [0.3, 0.4) is 0 Å². The number of nitrogens with zero attached hydrogens (tertiary/aromatic N) is 3. The Kier molecular flexibility index (Phi) is 6.22. The van der Waals surface area contributed by atoms with Crippen LogP contribution in [0.5, 0.6) is 0 Å². The third kappa shape index (κ3) is 4.22. The van der Waals surface area contributed by atoms with Gasteiger partial charge in [-0.15, -0.1) is 0 Å². The highest BCUT2D eigenvalue weighted by Crippen LogP contribution is 2.42. The predicted molar refractivity (Wildman–Crippen MR) is 127 cm³/mol. The summed E-state index contributed by atoms with van der Waals surface area (Å²) in [7, 11) is 0. The number of carbonyl (C=O) groups is 2. The fourth-order valence-corrected chi connectivity index (χ4v) is 4.46. The fourth-order valence-electron chi connectivity index (χ4n) is 4.46. The van der Waals surface area contributed by atoms with E-state index < -0.39 is 4.92 Å². The lowest BCUT2D eigenvalue weighted by molar-refractivity contribution is -0.384. The maximum atomic E-state index is 13.5. The van der Waals surface area contributed by atoms with Crippen molar-refractivity contribution in [2.24, 2.45) is 0 Å². The number of anilines is 2. The van der Waals surface area contributed by atoms with Crippen LogP contribution in [0.25, 0.3) is 0 Å². The Bertz CT molecular complexity index is 1180. The topological polar surface area (TPSA) is 83.8 Å². The predicted octanol–water partition coefficient (Wildman–Crippen LogP) is 5.52. The van der Waals surface area contributed by atoms with Gasteiger partial charge in [-0.05, 0) is 49.2 Å². The van der Waals surface area contributed by atoms with Crippen molar-refractivity contribution in [3.63, 3.8) is 0 Å². The molecule has 1 heterocycles. The molecule has 0 radical (unpaired) electrons. The summed E-state index contributed by atoms with van der Waals surface area (Å²) >= 11 is 0. The van der Waals surface area contributed by atoms with Crippen LogP contribution in [0.15, 0.2) is 78.9 Å². The second-order valence-corrected chi connectivity index (χ2v) is 8.09. The van der Waals surface area contributed by atoms with Crippen LogP contribution in [0.1, 0.15) is 48.7 Å². The molecule has 0 N–H and O–H groups in total. The van der Waals surface area contributed by atoms with Crippen molar-refractivity contribution in [2.45, 2.75) is 38.8 Å². The summed E-state index contributed by atoms with van der Waals surface area (Å²) in [6, 6.07) is 22.5. The largest absolute Gasteiger partial charge is 0.305 e. The summed E-state index contributed by atoms with van der Waals surface area (Å²) in [5.41, 5.74) is 2.79.